The Morgan fingerprint density at radius 1 is 1.53 bits per heavy atom. The van der Waals surface area contributed by atoms with Crippen LogP contribution in [-0.2, 0) is 14.3 Å². The van der Waals surface area contributed by atoms with E-state index in [2.05, 4.69) is 0 Å². The summed E-state index contributed by atoms with van der Waals surface area (Å²) in [6, 6.07) is 0. The summed E-state index contributed by atoms with van der Waals surface area (Å²) in [5.41, 5.74) is -1.28. The van der Waals surface area contributed by atoms with Crippen molar-refractivity contribution in [3.63, 3.8) is 0 Å². The summed E-state index contributed by atoms with van der Waals surface area (Å²) in [6.07, 6.45) is 0.0932. The molecular formula is C13H24O4. The molecule has 0 radical (unpaired) electrons. The fourth-order valence-electron chi connectivity index (χ4n) is 1.93. The van der Waals surface area contributed by atoms with Crippen LogP contribution in [0.25, 0.3) is 0 Å². The zero-order valence-electron chi connectivity index (χ0n) is 11.4. The molecule has 0 spiro atoms. The third-order valence-electron chi connectivity index (χ3n) is 3.32. The second-order valence-corrected chi connectivity index (χ2v) is 6.03. The molecule has 0 amide bonds. The predicted molar refractivity (Wildman–Crippen MR) is 64.6 cm³/mol. The van der Waals surface area contributed by atoms with E-state index in [1.54, 1.807) is 6.92 Å². The molecule has 4 heteroatoms. The number of rotatable bonds is 3. The largest absolute Gasteiger partial charge is 0.465 e. The molecular weight excluding hydrogens is 220 g/mol. The Morgan fingerprint density at radius 2 is 2.12 bits per heavy atom. The summed E-state index contributed by atoms with van der Waals surface area (Å²) in [5.74, 6) is -0.361. The van der Waals surface area contributed by atoms with Crippen LogP contribution in [-0.4, -0.2) is 36.0 Å². The van der Waals surface area contributed by atoms with Gasteiger partial charge in [-0.1, -0.05) is 6.92 Å². The van der Waals surface area contributed by atoms with E-state index in [4.69, 9.17) is 9.47 Å². The van der Waals surface area contributed by atoms with Crippen molar-refractivity contribution in [1.82, 2.24) is 0 Å². The minimum atomic E-state index is -0.952. The molecule has 0 bridgehead atoms. The molecule has 0 aromatic heterocycles. The first-order chi connectivity index (χ1) is 7.70. The molecule has 4 nitrogen and oxygen atoms in total. The van der Waals surface area contributed by atoms with E-state index in [0.29, 0.717) is 6.61 Å². The van der Waals surface area contributed by atoms with Crippen molar-refractivity contribution in [3.8, 4) is 0 Å². The first-order valence-corrected chi connectivity index (χ1v) is 6.20. The van der Waals surface area contributed by atoms with Gasteiger partial charge in [0, 0.05) is 5.92 Å². The average molecular weight is 244 g/mol. The van der Waals surface area contributed by atoms with Gasteiger partial charge in [-0.25, -0.2) is 0 Å². The highest BCUT2D eigenvalue weighted by Crippen LogP contribution is 2.35. The molecule has 100 valence electrons. The normalized spacial score (nSPS) is 34.6. The van der Waals surface area contributed by atoms with Crippen LogP contribution in [0.15, 0.2) is 0 Å². The van der Waals surface area contributed by atoms with Gasteiger partial charge < -0.3 is 14.6 Å². The van der Waals surface area contributed by atoms with Crippen LogP contribution in [0.5, 0.6) is 0 Å². The number of aliphatic hydroxyl groups excluding tert-OH is 1. The van der Waals surface area contributed by atoms with Crippen molar-refractivity contribution in [3.05, 3.63) is 0 Å². The van der Waals surface area contributed by atoms with Crippen LogP contribution in [0.3, 0.4) is 0 Å². The highest BCUT2D eigenvalue weighted by Gasteiger charge is 2.49. The molecule has 1 N–H and O–H groups in total. The Bertz CT molecular complexity index is 282. The molecule has 0 saturated carbocycles. The Hall–Kier alpha value is -0.610. The summed E-state index contributed by atoms with van der Waals surface area (Å²) in [4.78, 5) is 11.8. The molecule has 0 aromatic rings. The smallest absolute Gasteiger partial charge is 0.316 e. The topological polar surface area (TPSA) is 55.8 Å². The van der Waals surface area contributed by atoms with E-state index in [0.717, 1.165) is 6.42 Å². The van der Waals surface area contributed by atoms with E-state index >= 15 is 0 Å². The Balaban J connectivity index is 2.78. The van der Waals surface area contributed by atoms with Crippen LogP contribution in [0.1, 0.15) is 41.0 Å². The molecule has 1 aliphatic heterocycles. The van der Waals surface area contributed by atoms with Crippen molar-refractivity contribution >= 4 is 5.97 Å². The number of ether oxygens (including phenoxy) is 2. The lowest BCUT2D eigenvalue weighted by Gasteiger charge is -2.41. The van der Waals surface area contributed by atoms with E-state index in [1.165, 1.54) is 0 Å². The van der Waals surface area contributed by atoms with Crippen LogP contribution in [0.4, 0.5) is 0 Å². The first-order valence-electron chi connectivity index (χ1n) is 6.20. The molecule has 1 rings (SSSR count). The number of hydrogen-bond acceptors (Lipinski definition) is 4. The van der Waals surface area contributed by atoms with Crippen LogP contribution < -0.4 is 0 Å². The second kappa shape index (κ2) is 4.94. The van der Waals surface area contributed by atoms with E-state index < -0.39 is 11.5 Å². The molecule has 1 fully saturated rings. The van der Waals surface area contributed by atoms with Crippen LogP contribution in [0, 0.1) is 11.3 Å². The van der Waals surface area contributed by atoms with E-state index in [-0.39, 0.29) is 24.1 Å². The SMILES string of the molecule is CC[C@H]1COC(=O)[C@](C)(COC(C)(C)C)[C@@H]1O. The fraction of sp³-hybridized carbons (Fsp3) is 0.923. The van der Waals surface area contributed by atoms with Gasteiger partial charge in [-0.2, -0.15) is 0 Å². The molecule has 0 aromatic carbocycles. The van der Waals surface area contributed by atoms with Crippen molar-refractivity contribution < 1.29 is 19.4 Å². The number of cyclic esters (lactones) is 1. The lowest BCUT2D eigenvalue weighted by atomic mass is 9.76. The van der Waals surface area contributed by atoms with E-state index in [9.17, 15) is 9.90 Å². The summed E-state index contributed by atoms with van der Waals surface area (Å²) < 4.78 is 10.8. The van der Waals surface area contributed by atoms with Gasteiger partial charge in [-0.3, -0.25) is 4.79 Å². The number of esters is 1. The molecule has 1 saturated heterocycles. The standard InChI is InChI=1S/C13H24O4/c1-6-9-7-16-11(15)13(5,10(9)14)8-17-12(2,3)4/h9-10,14H,6-8H2,1-5H3/t9-,10+,13+/m0/s1. The maximum absolute atomic E-state index is 11.8. The lowest BCUT2D eigenvalue weighted by molar-refractivity contribution is -0.194. The van der Waals surface area contributed by atoms with Crippen molar-refractivity contribution in [1.29, 1.82) is 0 Å². The molecule has 17 heavy (non-hydrogen) atoms. The summed E-state index contributed by atoms with van der Waals surface area (Å²) >= 11 is 0. The number of carbonyl (C=O) groups is 1. The highest BCUT2D eigenvalue weighted by molar-refractivity contribution is 5.78. The number of carbonyl (C=O) groups excluding carboxylic acids is 1. The number of aliphatic hydroxyl groups is 1. The zero-order valence-corrected chi connectivity index (χ0v) is 11.4. The average Bonchev–Trinajstić information content (AvgIpc) is 2.23. The van der Waals surface area contributed by atoms with Gasteiger partial charge in [-0.15, -0.1) is 0 Å². The first kappa shape index (κ1) is 14.5. The molecule has 0 unspecified atom stereocenters. The molecule has 3 atom stereocenters. The lowest BCUT2D eigenvalue weighted by Crippen LogP contribution is -2.54. The fourth-order valence-corrected chi connectivity index (χ4v) is 1.93. The monoisotopic (exact) mass is 244 g/mol. The minimum Gasteiger partial charge on any atom is -0.465 e. The van der Waals surface area contributed by atoms with Crippen molar-refractivity contribution in [2.75, 3.05) is 13.2 Å². The second-order valence-electron chi connectivity index (χ2n) is 6.03. The highest BCUT2D eigenvalue weighted by atomic mass is 16.5. The van der Waals surface area contributed by atoms with E-state index in [1.807, 2.05) is 27.7 Å². The Morgan fingerprint density at radius 3 is 2.59 bits per heavy atom. The minimum absolute atomic E-state index is 0.00117. The van der Waals surface area contributed by atoms with Gasteiger partial charge in [-0.05, 0) is 34.1 Å². The maximum atomic E-state index is 11.8. The molecule has 1 aliphatic rings. The zero-order chi connectivity index (χ0) is 13.3. The Labute approximate surface area is 103 Å². The van der Waals surface area contributed by atoms with Gasteiger partial charge in [0.15, 0.2) is 0 Å². The molecule has 0 aliphatic carbocycles. The van der Waals surface area contributed by atoms with Crippen LogP contribution in [0.2, 0.25) is 0 Å². The quantitative estimate of drug-likeness (QED) is 0.768. The summed E-state index contributed by atoms with van der Waals surface area (Å²) in [7, 11) is 0. The Kier molecular flexibility index (Phi) is 4.20. The van der Waals surface area contributed by atoms with Gasteiger partial charge >= 0.3 is 5.97 Å². The van der Waals surface area contributed by atoms with Gasteiger partial charge in [0.1, 0.15) is 5.41 Å². The third kappa shape index (κ3) is 3.19. The van der Waals surface area contributed by atoms with Gasteiger partial charge in [0.25, 0.3) is 0 Å². The van der Waals surface area contributed by atoms with Crippen LogP contribution >= 0.6 is 0 Å². The third-order valence-corrected chi connectivity index (χ3v) is 3.32. The summed E-state index contributed by atoms with van der Waals surface area (Å²) in [6.45, 7) is 9.97. The maximum Gasteiger partial charge on any atom is 0.316 e. The predicted octanol–water partition coefficient (Wildman–Crippen LogP) is 1.75. The van der Waals surface area contributed by atoms with Crippen molar-refractivity contribution in [2.24, 2.45) is 11.3 Å². The summed E-state index contributed by atoms with van der Waals surface area (Å²) in [5, 5.41) is 10.3. The van der Waals surface area contributed by atoms with Gasteiger partial charge in [0.2, 0.25) is 0 Å². The molecule has 1 heterocycles. The number of hydrogen-bond donors (Lipinski definition) is 1. The van der Waals surface area contributed by atoms with Gasteiger partial charge in [0.05, 0.1) is 24.9 Å². The van der Waals surface area contributed by atoms with Crippen molar-refractivity contribution in [2.45, 2.75) is 52.7 Å².